The van der Waals surface area contributed by atoms with Crippen LogP contribution in [-0.4, -0.2) is 0 Å². The molecule has 0 unspecified atom stereocenters. The maximum atomic E-state index is 2.39. The molecule has 0 aliphatic heterocycles. The number of hydrogen-bond acceptors (Lipinski definition) is 2. The lowest BCUT2D eigenvalue weighted by atomic mass is 9.91. The lowest BCUT2D eigenvalue weighted by Gasteiger charge is -2.27. The van der Waals surface area contributed by atoms with Crippen molar-refractivity contribution in [1.82, 2.24) is 0 Å². The summed E-state index contributed by atoms with van der Waals surface area (Å²) in [5, 5.41) is 5.09. The summed E-state index contributed by atoms with van der Waals surface area (Å²) in [6, 6.07) is 77.1. The van der Waals surface area contributed by atoms with Crippen LogP contribution < -0.4 is 4.90 Å². The molecule has 0 fully saturated rings. The Labute approximate surface area is 319 Å². The van der Waals surface area contributed by atoms with Crippen molar-refractivity contribution in [3.8, 4) is 44.5 Å². The molecule has 0 saturated heterocycles. The fourth-order valence-electron chi connectivity index (χ4n) is 7.79. The van der Waals surface area contributed by atoms with Crippen LogP contribution in [-0.2, 0) is 0 Å². The third kappa shape index (κ3) is 5.84. The Morgan fingerprint density at radius 3 is 1.52 bits per heavy atom. The van der Waals surface area contributed by atoms with Crippen LogP contribution in [0, 0.1) is 0 Å². The third-order valence-corrected chi connectivity index (χ3v) is 11.6. The van der Waals surface area contributed by atoms with E-state index in [4.69, 9.17) is 0 Å². The zero-order valence-electron chi connectivity index (χ0n) is 29.6. The molecule has 0 saturated carbocycles. The zero-order chi connectivity index (χ0) is 35.8. The molecular weight excluding hydrogens is 671 g/mol. The van der Waals surface area contributed by atoms with Gasteiger partial charge in [-0.15, -0.1) is 11.3 Å². The van der Waals surface area contributed by atoms with E-state index in [0.29, 0.717) is 0 Å². The first-order chi connectivity index (χ1) is 26.8. The van der Waals surface area contributed by atoms with Gasteiger partial charge >= 0.3 is 0 Å². The van der Waals surface area contributed by atoms with Gasteiger partial charge in [-0.05, 0) is 98.4 Å². The predicted molar refractivity (Wildman–Crippen MR) is 233 cm³/mol. The Balaban J connectivity index is 1.04. The van der Waals surface area contributed by atoms with Crippen molar-refractivity contribution in [2.24, 2.45) is 0 Å². The van der Waals surface area contributed by atoms with Crippen LogP contribution >= 0.6 is 11.3 Å². The molecule has 10 aromatic rings. The average molecular weight is 706 g/mol. The number of hydrogen-bond donors (Lipinski definition) is 0. The number of fused-ring (bicyclic) bond motifs is 4. The van der Waals surface area contributed by atoms with Crippen molar-refractivity contribution < 1.29 is 0 Å². The van der Waals surface area contributed by atoms with E-state index < -0.39 is 0 Å². The molecule has 0 spiro atoms. The second kappa shape index (κ2) is 13.7. The Morgan fingerprint density at radius 2 is 0.815 bits per heavy atom. The lowest BCUT2D eigenvalue weighted by Crippen LogP contribution is -2.10. The zero-order valence-corrected chi connectivity index (χ0v) is 30.4. The van der Waals surface area contributed by atoms with Gasteiger partial charge in [0.05, 0.1) is 5.69 Å². The van der Waals surface area contributed by atoms with Crippen LogP contribution in [0.1, 0.15) is 0 Å². The molecule has 54 heavy (non-hydrogen) atoms. The number of rotatable bonds is 7. The predicted octanol–water partition coefficient (Wildman–Crippen LogP) is 15.3. The van der Waals surface area contributed by atoms with Gasteiger partial charge in [0.2, 0.25) is 0 Å². The molecule has 10 rings (SSSR count). The van der Waals surface area contributed by atoms with Gasteiger partial charge in [-0.1, -0.05) is 164 Å². The molecule has 0 bridgehead atoms. The molecule has 9 aromatic carbocycles. The number of thiophene rings is 1. The van der Waals surface area contributed by atoms with Gasteiger partial charge in [-0.3, -0.25) is 0 Å². The Morgan fingerprint density at radius 1 is 0.296 bits per heavy atom. The summed E-state index contributed by atoms with van der Waals surface area (Å²) in [5.41, 5.74) is 13.1. The van der Waals surface area contributed by atoms with Crippen LogP contribution in [0.5, 0.6) is 0 Å². The highest BCUT2D eigenvalue weighted by molar-refractivity contribution is 7.25. The summed E-state index contributed by atoms with van der Waals surface area (Å²) < 4.78 is 2.65. The van der Waals surface area contributed by atoms with E-state index in [1.54, 1.807) is 0 Å². The Hall–Kier alpha value is -6.74. The fraction of sp³-hybridized carbons (Fsp3) is 0. The van der Waals surface area contributed by atoms with Gasteiger partial charge in [0.1, 0.15) is 0 Å². The van der Waals surface area contributed by atoms with Crippen molar-refractivity contribution in [1.29, 1.82) is 0 Å². The Bertz CT molecular complexity index is 2900. The number of benzene rings is 9. The summed E-state index contributed by atoms with van der Waals surface area (Å²) in [6.45, 7) is 0. The van der Waals surface area contributed by atoms with Crippen LogP contribution in [0.25, 0.3) is 75.5 Å². The minimum absolute atomic E-state index is 1.11. The van der Waals surface area contributed by atoms with Gasteiger partial charge in [0, 0.05) is 36.9 Å². The van der Waals surface area contributed by atoms with Crippen LogP contribution in [0.2, 0.25) is 0 Å². The van der Waals surface area contributed by atoms with Gasteiger partial charge in [0.25, 0.3) is 0 Å². The molecule has 0 aliphatic rings. The SMILES string of the molecule is c1ccc(-c2ccc(-c3ccc(N(c4ccc(-c5ccc6c(c5)sc5ccccc56)cc4)c4cccc5ccccc45)cc3)cc2-c2ccccc2)cc1. The van der Waals surface area contributed by atoms with Crippen LogP contribution in [0.15, 0.2) is 212 Å². The summed E-state index contributed by atoms with van der Waals surface area (Å²) in [6.07, 6.45) is 0. The van der Waals surface area contributed by atoms with Crippen molar-refractivity contribution in [2.75, 3.05) is 4.90 Å². The van der Waals surface area contributed by atoms with Crippen molar-refractivity contribution in [3.63, 3.8) is 0 Å². The molecule has 0 radical (unpaired) electrons. The van der Waals surface area contributed by atoms with E-state index in [9.17, 15) is 0 Å². The smallest absolute Gasteiger partial charge is 0.0540 e. The van der Waals surface area contributed by atoms with E-state index in [2.05, 4.69) is 217 Å². The summed E-state index contributed by atoms with van der Waals surface area (Å²) in [7, 11) is 0. The molecule has 2 heteroatoms. The second-order valence-corrected chi connectivity index (χ2v) is 14.8. The third-order valence-electron chi connectivity index (χ3n) is 10.5. The van der Waals surface area contributed by atoms with Gasteiger partial charge < -0.3 is 4.90 Å². The maximum Gasteiger partial charge on any atom is 0.0540 e. The Kier molecular flexibility index (Phi) is 8.09. The van der Waals surface area contributed by atoms with E-state index in [1.165, 1.54) is 75.5 Å². The monoisotopic (exact) mass is 705 g/mol. The molecule has 0 amide bonds. The van der Waals surface area contributed by atoms with Crippen LogP contribution in [0.4, 0.5) is 17.1 Å². The maximum absolute atomic E-state index is 2.39. The molecule has 1 nitrogen and oxygen atoms in total. The van der Waals surface area contributed by atoms with Gasteiger partial charge in [-0.2, -0.15) is 0 Å². The van der Waals surface area contributed by atoms with Crippen molar-refractivity contribution in [3.05, 3.63) is 212 Å². The molecule has 0 N–H and O–H groups in total. The minimum Gasteiger partial charge on any atom is -0.310 e. The largest absolute Gasteiger partial charge is 0.310 e. The highest BCUT2D eigenvalue weighted by Gasteiger charge is 2.17. The molecule has 254 valence electrons. The lowest BCUT2D eigenvalue weighted by molar-refractivity contribution is 1.30. The topological polar surface area (TPSA) is 3.24 Å². The van der Waals surface area contributed by atoms with E-state index >= 15 is 0 Å². The van der Waals surface area contributed by atoms with E-state index in [0.717, 1.165) is 17.1 Å². The highest BCUT2D eigenvalue weighted by atomic mass is 32.1. The minimum atomic E-state index is 1.11. The first-order valence-electron chi connectivity index (χ1n) is 18.4. The summed E-state index contributed by atoms with van der Waals surface area (Å²) in [4.78, 5) is 2.39. The van der Waals surface area contributed by atoms with E-state index in [-0.39, 0.29) is 0 Å². The molecule has 1 heterocycles. The van der Waals surface area contributed by atoms with Gasteiger partial charge in [0.15, 0.2) is 0 Å². The first kappa shape index (κ1) is 32.0. The van der Waals surface area contributed by atoms with Gasteiger partial charge in [-0.25, -0.2) is 0 Å². The molecule has 1 aromatic heterocycles. The molecule has 0 aliphatic carbocycles. The number of anilines is 3. The summed E-state index contributed by atoms with van der Waals surface area (Å²) in [5.74, 6) is 0. The summed E-state index contributed by atoms with van der Waals surface area (Å²) >= 11 is 1.86. The van der Waals surface area contributed by atoms with E-state index in [1.807, 2.05) is 11.3 Å². The van der Waals surface area contributed by atoms with Crippen molar-refractivity contribution >= 4 is 59.3 Å². The quantitative estimate of drug-likeness (QED) is 0.160. The fourth-order valence-corrected chi connectivity index (χ4v) is 8.94. The standard InChI is InChI=1S/C52H35NS/c1-3-12-38(13-4-1)45-32-26-41(34-49(45)40-14-5-2-6-15-40)36-22-28-43(29-23-36)53(50-20-11-17-39-16-7-8-18-46(39)50)44-30-24-37(25-31-44)42-27-33-48-47-19-9-10-21-51(47)54-52(48)35-42/h1-35H. The highest BCUT2D eigenvalue weighted by Crippen LogP contribution is 2.42. The van der Waals surface area contributed by atoms with Crippen molar-refractivity contribution in [2.45, 2.75) is 0 Å². The molecular formula is C52H35NS. The number of nitrogens with zero attached hydrogens (tertiary/aromatic N) is 1. The second-order valence-electron chi connectivity index (χ2n) is 13.7. The average Bonchev–Trinajstić information content (AvgIpc) is 3.63. The normalized spacial score (nSPS) is 11.3. The van der Waals surface area contributed by atoms with Crippen LogP contribution in [0.3, 0.4) is 0 Å². The molecule has 0 atom stereocenters. The first-order valence-corrected chi connectivity index (χ1v) is 19.2.